The van der Waals surface area contributed by atoms with Crippen molar-refractivity contribution in [1.82, 2.24) is 5.32 Å². The van der Waals surface area contributed by atoms with E-state index in [2.05, 4.69) is 11.9 Å². The van der Waals surface area contributed by atoms with Crippen molar-refractivity contribution in [2.75, 3.05) is 13.3 Å². The Morgan fingerprint density at radius 1 is 1.39 bits per heavy atom. The second-order valence-electron chi connectivity index (χ2n) is 4.09. The average Bonchev–Trinajstić information content (AvgIpc) is 2.33. The zero-order chi connectivity index (χ0) is 13.6. The van der Waals surface area contributed by atoms with Crippen LogP contribution in [0.1, 0.15) is 5.56 Å². The molecule has 0 aliphatic rings. The van der Waals surface area contributed by atoms with Gasteiger partial charge in [0.2, 0.25) is 0 Å². The molecule has 4 nitrogen and oxygen atoms in total. The predicted octanol–water partition coefficient (Wildman–Crippen LogP) is 1.35. The number of benzene rings is 1. The van der Waals surface area contributed by atoms with E-state index in [-0.39, 0.29) is 6.04 Å². The third-order valence-electron chi connectivity index (χ3n) is 2.58. The van der Waals surface area contributed by atoms with Gasteiger partial charge in [-0.25, -0.2) is 0 Å². The van der Waals surface area contributed by atoms with Gasteiger partial charge in [0.25, 0.3) is 10.1 Å². The fourth-order valence-corrected chi connectivity index (χ4v) is 2.34. The van der Waals surface area contributed by atoms with Gasteiger partial charge in [-0.2, -0.15) is 8.42 Å². The Balaban J connectivity index is 2.78. The van der Waals surface area contributed by atoms with E-state index in [1.807, 2.05) is 30.3 Å². The summed E-state index contributed by atoms with van der Waals surface area (Å²) in [6.45, 7) is 3.63. The van der Waals surface area contributed by atoms with Crippen molar-refractivity contribution in [2.24, 2.45) is 0 Å². The summed E-state index contributed by atoms with van der Waals surface area (Å²) >= 11 is 0. The maximum Gasteiger partial charge on any atom is 0.265 e. The number of hydrogen-bond donors (Lipinski definition) is 1. The number of likely N-dealkylation sites (N-methyl/N-ethyl adjacent to an activating group) is 1. The standard InChI is InChI=1S/C13H19NO3S/c1-4-13(17-18(3,15)16)12(14-2)10-11-8-6-5-7-9-11/h4-9,12-14H,1,10H2,2-3H3. The van der Waals surface area contributed by atoms with Crippen LogP contribution in [-0.4, -0.2) is 33.9 Å². The molecule has 0 amide bonds. The summed E-state index contributed by atoms with van der Waals surface area (Å²) in [5.74, 6) is 0. The molecule has 0 radical (unpaired) electrons. The van der Waals surface area contributed by atoms with Crippen LogP contribution in [0.15, 0.2) is 43.0 Å². The lowest BCUT2D eigenvalue weighted by Crippen LogP contribution is -2.40. The van der Waals surface area contributed by atoms with Crippen molar-refractivity contribution in [2.45, 2.75) is 18.6 Å². The van der Waals surface area contributed by atoms with E-state index >= 15 is 0 Å². The summed E-state index contributed by atoms with van der Waals surface area (Å²) in [7, 11) is -1.72. The minimum atomic E-state index is -3.49. The topological polar surface area (TPSA) is 55.4 Å². The SMILES string of the molecule is C=CC(OS(C)(=O)=O)C(Cc1ccccc1)NC. The third-order valence-corrected chi connectivity index (χ3v) is 3.16. The minimum Gasteiger partial charge on any atom is -0.314 e. The second kappa shape index (κ2) is 6.68. The molecular weight excluding hydrogens is 250 g/mol. The summed E-state index contributed by atoms with van der Waals surface area (Å²) in [6, 6.07) is 9.68. The molecule has 0 aliphatic carbocycles. The highest BCUT2D eigenvalue weighted by atomic mass is 32.2. The van der Waals surface area contributed by atoms with Crippen LogP contribution in [0.5, 0.6) is 0 Å². The molecule has 1 aromatic carbocycles. The molecule has 0 heterocycles. The Bertz CT molecular complexity index is 470. The molecule has 5 heteroatoms. The van der Waals surface area contributed by atoms with Crippen LogP contribution in [0.2, 0.25) is 0 Å². The Kier molecular flexibility index (Phi) is 5.53. The summed E-state index contributed by atoms with van der Waals surface area (Å²) in [4.78, 5) is 0. The lowest BCUT2D eigenvalue weighted by molar-refractivity contribution is 0.209. The number of nitrogens with one attached hydrogen (secondary N) is 1. The Morgan fingerprint density at radius 3 is 2.44 bits per heavy atom. The van der Waals surface area contributed by atoms with Gasteiger partial charge in [0.1, 0.15) is 6.10 Å². The molecule has 1 N–H and O–H groups in total. The molecule has 2 unspecified atom stereocenters. The van der Waals surface area contributed by atoms with Gasteiger partial charge in [-0.3, -0.25) is 4.18 Å². The summed E-state index contributed by atoms with van der Waals surface area (Å²) < 4.78 is 27.4. The summed E-state index contributed by atoms with van der Waals surface area (Å²) in [6.07, 6.45) is 2.64. The maximum absolute atomic E-state index is 11.2. The monoisotopic (exact) mass is 269 g/mol. The average molecular weight is 269 g/mol. The van der Waals surface area contributed by atoms with Gasteiger partial charge in [-0.05, 0) is 19.0 Å². The molecule has 100 valence electrons. The van der Waals surface area contributed by atoms with E-state index in [0.29, 0.717) is 6.42 Å². The molecule has 0 spiro atoms. The van der Waals surface area contributed by atoms with Gasteiger partial charge in [-0.1, -0.05) is 36.4 Å². The lowest BCUT2D eigenvalue weighted by Gasteiger charge is -2.23. The van der Waals surface area contributed by atoms with Gasteiger partial charge in [0.05, 0.1) is 6.26 Å². The maximum atomic E-state index is 11.2. The van der Waals surface area contributed by atoms with Crippen molar-refractivity contribution < 1.29 is 12.6 Å². The molecule has 18 heavy (non-hydrogen) atoms. The predicted molar refractivity (Wildman–Crippen MR) is 72.9 cm³/mol. The van der Waals surface area contributed by atoms with Crippen molar-refractivity contribution >= 4 is 10.1 Å². The van der Waals surface area contributed by atoms with E-state index in [9.17, 15) is 8.42 Å². The van der Waals surface area contributed by atoms with Gasteiger partial charge >= 0.3 is 0 Å². The number of hydrogen-bond acceptors (Lipinski definition) is 4. The third kappa shape index (κ3) is 5.00. The smallest absolute Gasteiger partial charge is 0.265 e. The molecule has 1 aromatic rings. The van der Waals surface area contributed by atoms with Gasteiger partial charge in [0.15, 0.2) is 0 Å². The van der Waals surface area contributed by atoms with Crippen LogP contribution in [0.25, 0.3) is 0 Å². The van der Waals surface area contributed by atoms with E-state index < -0.39 is 16.2 Å². The Labute approximate surface area is 109 Å². The first-order chi connectivity index (χ1) is 8.46. The van der Waals surface area contributed by atoms with Crippen molar-refractivity contribution in [3.63, 3.8) is 0 Å². The van der Waals surface area contributed by atoms with Crippen LogP contribution in [0, 0.1) is 0 Å². The minimum absolute atomic E-state index is 0.139. The molecule has 2 atom stereocenters. The first-order valence-electron chi connectivity index (χ1n) is 5.68. The second-order valence-corrected chi connectivity index (χ2v) is 5.69. The molecule has 0 aliphatic heterocycles. The van der Waals surface area contributed by atoms with Gasteiger partial charge < -0.3 is 5.32 Å². The quantitative estimate of drug-likeness (QED) is 0.599. The lowest BCUT2D eigenvalue weighted by atomic mass is 10.0. The summed E-state index contributed by atoms with van der Waals surface area (Å²) in [5, 5.41) is 3.06. The van der Waals surface area contributed by atoms with Crippen LogP contribution in [0.4, 0.5) is 0 Å². The molecule has 0 saturated heterocycles. The number of rotatable bonds is 7. The van der Waals surface area contributed by atoms with E-state index in [4.69, 9.17) is 4.18 Å². The first-order valence-corrected chi connectivity index (χ1v) is 7.50. The zero-order valence-corrected chi connectivity index (χ0v) is 11.5. The highest BCUT2D eigenvalue weighted by molar-refractivity contribution is 7.86. The first kappa shape index (κ1) is 14.9. The van der Waals surface area contributed by atoms with Crippen molar-refractivity contribution in [3.05, 3.63) is 48.6 Å². The molecule has 0 fully saturated rings. The van der Waals surface area contributed by atoms with E-state index in [1.165, 1.54) is 6.08 Å². The zero-order valence-electron chi connectivity index (χ0n) is 10.7. The largest absolute Gasteiger partial charge is 0.314 e. The van der Waals surface area contributed by atoms with Crippen molar-refractivity contribution in [1.29, 1.82) is 0 Å². The molecule has 1 rings (SSSR count). The molecule has 0 saturated carbocycles. The van der Waals surface area contributed by atoms with E-state index in [0.717, 1.165) is 11.8 Å². The Morgan fingerprint density at radius 2 is 2.00 bits per heavy atom. The van der Waals surface area contributed by atoms with Crippen molar-refractivity contribution in [3.8, 4) is 0 Å². The summed E-state index contributed by atoms with van der Waals surface area (Å²) in [5.41, 5.74) is 1.11. The highest BCUT2D eigenvalue weighted by Crippen LogP contribution is 2.11. The fourth-order valence-electron chi connectivity index (χ4n) is 1.72. The fraction of sp³-hybridized carbons (Fsp3) is 0.385. The van der Waals surface area contributed by atoms with Crippen LogP contribution < -0.4 is 5.32 Å². The Hall–Kier alpha value is -1.17. The molecule has 0 aromatic heterocycles. The van der Waals surface area contributed by atoms with Gasteiger partial charge in [0, 0.05) is 6.04 Å². The molecule has 0 bridgehead atoms. The van der Waals surface area contributed by atoms with Gasteiger partial charge in [-0.15, -0.1) is 6.58 Å². The van der Waals surface area contributed by atoms with Crippen LogP contribution in [0.3, 0.4) is 0 Å². The van der Waals surface area contributed by atoms with E-state index in [1.54, 1.807) is 7.05 Å². The highest BCUT2D eigenvalue weighted by Gasteiger charge is 2.22. The molecular formula is C13H19NO3S. The van der Waals surface area contributed by atoms with Crippen LogP contribution in [-0.2, 0) is 20.7 Å². The normalized spacial score (nSPS) is 15.0. The van der Waals surface area contributed by atoms with Crippen LogP contribution >= 0.6 is 0 Å².